The molecule has 1 amide bonds. The number of hydrogen-bond donors (Lipinski definition) is 1. The summed E-state index contributed by atoms with van der Waals surface area (Å²) in [7, 11) is 1.58. The molecule has 0 spiro atoms. The zero-order valence-electron chi connectivity index (χ0n) is 11.1. The van der Waals surface area contributed by atoms with E-state index in [0.29, 0.717) is 12.5 Å². The third kappa shape index (κ3) is 3.69. The van der Waals surface area contributed by atoms with Crippen LogP contribution in [0, 0.1) is 5.92 Å². The summed E-state index contributed by atoms with van der Waals surface area (Å²) in [4.78, 5) is 14.3. The van der Waals surface area contributed by atoms with Gasteiger partial charge < -0.3 is 15.4 Å². The highest BCUT2D eigenvalue weighted by atomic mass is 35.5. The Morgan fingerprint density at radius 3 is 2.68 bits per heavy atom. The van der Waals surface area contributed by atoms with E-state index < -0.39 is 6.10 Å². The van der Waals surface area contributed by atoms with E-state index in [9.17, 15) is 4.79 Å². The summed E-state index contributed by atoms with van der Waals surface area (Å²) in [6, 6.07) is 9.61. The fourth-order valence-electron chi connectivity index (χ4n) is 2.40. The standard InChI is InChI=1S/C14H20N2O2.ClH/c1-18-13(12-5-3-2-4-6-12)14(17)16-8-7-11(9-15)10-16;/h2-6,11,13H,7-10,15H2,1H3;1H. The Morgan fingerprint density at radius 1 is 1.47 bits per heavy atom. The molecule has 106 valence electrons. The van der Waals surface area contributed by atoms with Crippen molar-refractivity contribution in [3.63, 3.8) is 0 Å². The number of nitrogens with two attached hydrogens (primary N) is 1. The van der Waals surface area contributed by atoms with Crippen LogP contribution in [0.3, 0.4) is 0 Å². The van der Waals surface area contributed by atoms with Crippen molar-refractivity contribution in [1.82, 2.24) is 4.90 Å². The van der Waals surface area contributed by atoms with Gasteiger partial charge in [0.15, 0.2) is 6.10 Å². The normalized spacial score (nSPS) is 19.9. The smallest absolute Gasteiger partial charge is 0.256 e. The summed E-state index contributed by atoms with van der Waals surface area (Å²) in [5.41, 5.74) is 6.55. The molecule has 0 bridgehead atoms. The molecule has 0 aliphatic carbocycles. The van der Waals surface area contributed by atoms with Crippen molar-refractivity contribution in [3.8, 4) is 0 Å². The van der Waals surface area contributed by atoms with E-state index in [1.54, 1.807) is 7.11 Å². The Bertz CT molecular complexity index is 400. The van der Waals surface area contributed by atoms with Crippen molar-refractivity contribution in [1.29, 1.82) is 0 Å². The molecule has 0 saturated carbocycles. The number of halogens is 1. The molecule has 2 atom stereocenters. The topological polar surface area (TPSA) is 55.6 Å². The highest BCUT2D eigenvalue weighted by Crippen LogP contribution is 2.23. The third-order valence-corrected chi connectivity index (χ3v) is 3.49. The minimum Gasteiger partial charge on any atom is -0.367 e. The fourth-order valence-corrected chi connectivity index (χ4v) is 2.40. The highest BCUT2D eigenvalue weighted by Gasteiger charge is 2.31. The molecule has 1 aromatic rings. The monoisotopic (exact) mass is 284 g/mol. The van der Waals surface area contributed by atoms with Gasteiger partial charge in [0.05, 0.1) is 0 Å². The molecule has 1 aromatic carbocycles. The number of hydrogen-bond acceptors (Lipinski definition) is 3. The number of rotatable bonds is 4. The minimum absolute atomic E-state index is 0. The predicted octanol–water partition coefficient (Wildman–Crippen LogP) is 1.60. The van der Waals surface area contributed by atoms with Gasteiger partial charge in [0.25, 0.3) is 5.91 Å². The number of ether oxygens (including phenoxy) is 1. The number of methoxy groups -OCH3 is 1. The van der Waals surface area contributed by atoms with Gasteiger partial charge in [-0.05, 0) is 24.4 Å². The lowest BCUT2D eigenvalue weighted by Gasteiger charge is -2.22. The zero-order valence-corrected chi connectivity index (χ0v) is 11.9. The zero-order chi connectivity index (χ0) is 13.0. The van der Waals surface area contributed by atoms with Crippen molar-refractivity contribution in [2.45, 2.75) is 12.5 Å². The number of carbonyl (C=O) groups excluding carboxylic acids is 1. The number of likely N-dealkylation sites (tertiary alicyclic amines) is 1. The van der Waals surface area contributed by atoms with E-state index in [0.717, 1.165) is 25.1 Å². The summed E-state index contributed by atoms with van der Waals surface area (Å²) >= 11 is 0. The second-order valence-corrected chi connectivity index (χ2v) is 4.70. The van der Waals surface area contributed by atoms with Crippen LogP contribution in [0.15, 0.2) is 30.3 Å². The van der Waals surface area contributed by atoms with E-state index in [-0.39, 0.29) is 18.3 Å². The number of amides is 1. The molecule has 1 fully saturated rings. The van der Waals surface area contributed by atoms with Crippen LogP contribution in [-0.4, -0.2) is 37.6 Å². The Kier molecular flexibility index (Phi) is 6.28. The molecule has 4 nitrogen and oxygen atoms in total. The van der Waals surface area contributed by atoms with Crippen LogP contribution < -0.4 is 5.73 Å². The van der Waals surface area contributed by atoms with Crippen LogP contribution in [-0.2, 0) is 9.53 Å². The number of carbonyl (C=O) groups is 1. The van der Waals surface area contributed by atoms with Crippen molar-refractivity contribution in [2.75, 3.05) is 26.7 Å². The Labute approximate surface area is 120 Å². The quantitative estimate of drug-likeness (QED) is 0.914. The largest absolute Gasteiger partial charge is 0.367 e. The Morgan fingerprint density at radius 2 is 2.16 bits per heavy atom. The maximum Gasteiger partial charge on any atom is 0.256 e. The van der Waals surface area contributed by atoms with Crippen LogP contribution in [0.5, 0.6) is 0 Å². The molecule has 1 saturated heterocycles. The molecule has 19 heavy (non-hydrogen) atoms. The summed E-state index contributed by atoms with van der Waals surface area (Å²) in [6.45, 7) is 2.18. The summed E-state index contributed by atoms with van der Waals surface area (Å²) in [5.74, 6) is 0.474. The van der Waals surface area contributed by atoms with E-state index >= 15 is 0 Å². The predicted molar refractivity (Wildman–Crippen MR) is 77.2 cm³/mol. The first kappa shape index (κ1) is 16.0. The molecular weight excluding hydrogens is 264 g/mol. The van der Waals surface area contributed by atoms with Gasteiger partial charge in [0.1, 0.15) is 0 Å². The minimum atomic E-state index is -0.497. The number of benzene rings is 1. The molecule has 2 rings (SSSR count). The number of nitrogens with zero attached hydrogens (tertiary/aromatic N) is 1. The van der Waals surface area contributed by atoms with Crippen LogP contribution in [0.1, 0.15) is 18.1 Å². The van der Waals surface area contributed by atoms with Gasteiger partial charge in [-0.1, -0.05) is 30.3 Å². The van der Waals surface area contributed by atoms with E-state index in [4.69, 9.17) is 10.5 Å². The van der Waals surface area contributed by atoms with Crippen LogP contribution >= 0.6 is 12.4 Å². The van der Waals surface area contributed by atoms with E-state index in [1.165, 1.54) is 0 Å². The van der Waals surface area contributed by atoms with Gasteiger partial charge in [-0.15, -0.1) is 12.4 Å². The van der Waals surface area contributed by atoms with Crippen molar-refractivity contribution in [2.24, 2.45) is 11.7 Å². The molecule has 2 N–H and O–H groups in total. The SMILES string of the molecule is COC(C(=O)N1CCC(CN)C1)c1ccccc1.Cl. The third-order valence-electron chi connectivity index (χ3n) is 3.49. The molecule has 1 aliphatic heterocycles. The van der Waals surface area contributed by atoms with Crippen molar-refractivity contribution < 1.29 is 9.53 Å². The van der Waals surface area contributed by atoms with Crippen LogP contribution in [0.25, 0.3) is 0 Å². The molecule has 0 aromatic heterocycles. The van der Waals surface area contributed by atoms with Gasteiger partial charge in [-0.3, -0.25) is 4.79 Å². The van der Waals surface area contributed by atoms with Crippen LogP contribution in [0.2, 0.25) is 0 Å². The lowest BCUT2D eigenvalue weighted by molar-refractivity contribution is -0.141. The lowest BCUT2D eigenvalue weighted by atomic mass is 10.1. The molecule has 1 heterocycles. The Balaban J connectivity index is 0.00000180. The summed E-state index contributed by atoms with van der Waals surface area (Å²) < 4.78 is 5.36. The van der Waals surface area contributed by atoms with E-state index in [2.05, 4.69) is 0 Å². The van der Waals surface area contributed by atoms with Gasteiger partial charge in [-0.25, -0.2) is 0 Å². The van der Waals surface area contributed by atoms with Crippen molar-refractivity contribution in [3.05, 3.63) is 35.9 Å². The highest BCUT2D eigenvalue weighted by molar-refractivity contribution is 5.85. The molecule has 1 aliphatic rings. The van der Waals surface area contributed by atoms with Gasteiger partial charge in [-0.2, -0.15) is 0 Å². The molecule has 5 heteroatoms. The fraction of sp³-hybridized carbons (Fsp3) is 0.500. The molecule has 2 unspecified atom stereocenters. The first-order valence-corrected chi connectivity index (χ1v) is 6.33. The maximum absolute atomic E-state index is 12.4. The molecule has 0 radical (unpaired) electrons. The van der Waals surface area contributed by atoms with Gasteiger partial charge >= 0.3 is 0 Å². The van der Waals surface area contributed by atoms with Gasteiger partial charge in [0.2, 0.25) is 0 Å². The summed E-state index contributed by atoms with van der Waals surface area (Å²) in [5, 5.41) is 0. The molecular formula is C14H21ClN2O2. The second-order valence-electron chi connectivity index (χ2n) is 4.70. The maximum atomic E-state index is 12.4. The second kappa shape index (κ2) is 7.48. The van der Waals surface area contributed by atoms with Crippen LogP contribution in [0.4, 0.5) is 0 Å². The average Bonchev–Trinajstić information content (AvgIpc) is 2.89. The van der Waals surface area contributed by atoms with Gasteiger partial charge in [0, 0.05) is 20.2 Å². The summed E-state index contributed by atoms with van der Waals surface area (Å²) in [6.07, 6.45) is 0.496. The average molecular weight is 285 g/mol. The first-order chi connectivity index (χ1) is 8.76. The lowest BCUT2D eigenvalue weighted by Crippen LogP contribution is -2.34. The van der Waals surface area contributed by atoms with E-state index in [1.807, 2.05) is 35.2 Å². The Hall–Kier alpha value is -1.10. The first-order valence-electron chi connectivity index (χ1n) is 6.33. The van der Waals surface area contributed by atoms with Crippen molar-refractivity contribution >= 4 is 18.3 Å².